The number of aromatic nitrogens is 1. The number of carbonyl (C=O) groups is 1. The van der Waals surface area contributed by atoms with Crippen molar-refractivity contribution in [1.82, 2.24) is 9.88 Å². The fraction of sp³-hybridized carbons (Fsp3) is 0.600. The van der Waals surface area contributed by atoms with E-state index in [0.29, 0.717) is 11.3 Å². The molecule has 1 aromatic heterocycles. The maximum Gasteiger partial charge on any atom is 0.404 e. The Hall–Kier alpha value is -1.67. The van der Waals surface area contributed by atoms with Crippen LogP contribution in [0.3, 0.4) is 0 Å². The summed E-state index contributed by atoms with van der Waals surface area (Å²) in [4.78, 5) is 27.9. The molecule has 1 aliphatic rings. The first-order chi connectivity index (χ1) is 10.7. The Morgan fingerprint density at radius 2 is 1.96 bits per heavy atom. The number of ketones is 1. The molecule has 1 saturated heterocycles. The van der Waals surface area contributed by atoms with Crippen LogP contribution in [0, 0.1) is 13.8 Å². The molecule has 0 unspecified atom stereocenters. The van der Waals surface area contributed by atoms with E-state index in [0.717, 1.165) is 0 Å². The van der Waals surface area contributed by atoms with E-state index in [-0.39, 0.29) is 31.9 Å². The van der Waals surface area contributed by atoms with Gasteiger partial charge in [-0.15, -0.1) is 0 Å². The lowest BCUT2D eigenvalue weighted by atomic mass is 9.99. The highest BCUT2D eigenvalue weighted by Gasteiger charge is 2.45. The molecule has 8 heteroatoms. The molecule has 128 valence electrons. The summed E-state index contributed by atoms with van der Waals surface area (Å²) in [5.74, 6) is -0.794. The van der Waals surface area contributed by atoms with Gasteiger partial charge in [-0.3, -0.25) is 14.5 Å². The number of morpholine rings is 1. The number of pyridine rings is 1. The first kappa shape index (κ1) is 17.7. The summed E-state index contributed by atoms with van der Waals surface area (Å²) < 4.78 is 45.0. The minimum atomic E-state index is -4.54. The van der Waals surface area contributed by atoms with Crippen LogP contribution in [0.2, 0.25) is 0 Å². The van der Waals surface area contributed by atoms with Crippen molar-refractivity contribution < 1.29 is 22.7 Å². The zero-order chi connectivity index (χ0) is 17.2. The van der Waals surface area contributed by atoms with Crippen molar-refractivity contribution in [3.05, 3.63) is 33.2 Å². The highest BCUT2D eigenvalue weighted by molar-refractivity contribution is 5.97. The van der Waals surface area contributed by atoms with E-state index in [2.05, 4.69) is 4.98 Å². The van der Waals surface area contributed by atoms with Gasteiger partial charge >= 0.3 is 6.18 Å². The standard InChI is InChI=1S/C15H19F3N2O3/c1-9-7-10(2)19-14(22)13(9)11(21)8-12(15(16,17)18)20-3-5-23-6-4-20/h7,12H,3-6,8H2,1-2H3,(H,19,22)/t12-/m1/s1. The number of carbonyl (C=O) groups excluding carboxylic acids is 1. The summed E-state index contributed by atoms with van der Waals surface area (Å²) in [5.41, 5.74) is 0.109. The Bertz CT molecular complexity index is 634. The van der Waals surface area contributed by atoms with E-state index >= 15 is 0 Å². The maximum absolute atomic E-state index is 13.3. The molecule has 0 aliphatic carbocycles. The van der Waals surface area contributed by atoms with Crippen molar-refractivity contribution in [2.45, 2.75) is 32.5 Å². The number of rotatable bonds is 4. The second kappa shape index (κ2) is 6.84. The highest BCUT2D eigenvalue weighted by atomic mass is 19.4. The van der Waals surface area contributed by atoms with Crippen LogP contribution in [0.5, 0.6) is 0 Å². The van der Waals surface area contributed by atoms with Crippen LogP contribution >= 0.6 is 0 Å². The third kappa shape index (κ3) is 4.20. The molecule has 5 nitrogen and oxygen atoms in total. The van der Waals surface area contributed by atoms with Gasteiger partial charge in [0.25, 0.3) is 5.56 Å². The molecule has 1 atom stereocenters. The van der Waals surface area contributed by atoms with E-state index in [1.54, 1.807) is 19.9 Å². The zero-order valence-electron chi connectivity index (χ0n) is 13.0. The molecule has 0 radical (unpaired) electrons. The van der Waals surface area contributed by atoms with Gasteiger partial charge in [0.15, 0.2) is 5.78 Å². The molecule has 0 saturated carbocycles. The molecule has 2 heterocycles. The van der Waals surface area contributed by atoms with Crippen LogP contribution in [0.4, 0.5) is 13.2 Å². The topological polar surface area (TPSA) is 62.4 Å². The number of hydrogen-bond acceptors (Lipinski definition) is 4. The average molecular weight is 332 g/mol. The number of halogens is 3. The van der Waals surface area contributed by atoms with Gasteiger partial charge in [0, 0.05) is 25.2 Å². The Morgan fingerprint density at radius 1 is 1.35 bits per heavy atom. The van der Waals surface area contributed by atoms with E-state index in [1.165, 1.54) is 4.90 Å². The van der Waals surface area contributed by atoms with Gasteiger partial charge in [0.2, 0.25) is 0 Å². The number of Topliss-reactive ketones (excluding diaryl/α,β-unsaturated/α-hetero) is 1. The third-order valence-electron chi connectivity index (χ3n) is 3.89. The second-order valence-corrected chi connectivity index (χ2v) is 5.67. The van der Waals surface area contributed by atoms with Crippen molar-refractivity contribution in [3.63, 3.8) is 0 Å². The normalized spacial score (nSPS) is 18.0. The first-order valence-corrected chi connectivity index (χ1v) is 7.32. The lowest BCUT2D eigenvalue weighted by molar-refractivity contribution is -0.190. The summed E-state index contributed by atoms with van der Waals surface area (Å²) in [5, 5.41) is 0. The molecule has 0 aromatic carbocycles. The van der Waals surface area contributed by atoms with Crippen molar-refractivity contribution >= 4 is 5.78 Å². The quantitative estimate of drug-likeness (QED) is 0.855. The molecule has 1 fully saturated rings. The van der Waals surface area contributed by atoms with Crippen LogP contribution in [-0.2, 0) is 4.74 Å². The van der Waals surface area contributed by atoms with Crippen LogP contribution < -0.4 is 5.56 Å². The van der Waals surface area contributed by atoms with E-state index in [9.17, 15) is 22.8 Å². The maximum atomic E-state index is 13.3. The summed E-state index contributed by atoms with van der Waals surface area (Å²) in [6, 6.07) is -0.328. The van der Waals surface area contributed by atoms with Gasteiger partial charge in [0.05, 0.1) is 18.8 Å². The van der Waals surface area contributed by atoms with Crippen LogP contribution in [-0.4, -0.2) is 54.2 Å². The number of H-pyrrole nitrogens is 1. The fourth-order valence-electron chi connectivity index (χ4n) is 2.82. The number of nitrogens with one attached hydrogen (secondary N) is 1. The van der Waals surface area contributed by atoms with E-state index < -0.39 is 30.0 Å². The van der Waals surface area contributed by atoms with Crippen LogP contribution in [0.25, 0.3) is 0 Å². The third-order valence-corrected chi connectivity index (χ3v) is 3.89. The fourth-order valence-corrected chi connectivity index (χ4v) is 2.82. The van der Waals surface area contributed by atoms with Crippen molar-refractivity contribution in [1.29, 1.82) is 0 Å². The molecular weight excluding hydrogens is 313 g/mol. The SMILES string of the molecule is Cc1cc(C)c(C(=O)C[C@@H](N2CCOCC2)C(F)(F)F)c(=O)[nH]1. The van der Waals surface area contributed by atoms with Gasteiger partial charge in [-0.1, -0.05) is 0 Å². The molecule has 1 aliphatic heterocycles. The lowest BCUT2D eigenvalue weighted by Crippen LogP contribution is -2.51. The summed E-state index contributed by atoms with van der Waals surface area (Å²) in [6.07, 6.45) is -5.31. The number of alkyl halides is 3. The summed E-state index contributed by atoms with van der Waals surface area (Å²) in [7, 11) is 0. The summed E-state index contributed by atoms with van der Waals surface area (Å²) >= 11 is 0. The number of hydrogen-bond donors (Lipinski definition) is 1. The molecule has 0 spiro atoms. The molecule has 2 rings (SSSR count). The minimum absolute atomic E-state index is 0.112. The van der Waals surface area contributed by atoms with Gasteiger partial charge < -0.3 is 9.72 Å². The van der Waals surface area contributed by atoms with Gasteiger partial charge in [-0.05, 0) is 25.5 Å². The van der Waals surface area contributed by atoms with Gasteiger partial charge in [-0.25, -0.2) is 0 Å². The number of aromatic amines is 1. The molecule has 0 amide bonds. The molecule has 1 N–H and O–H groups in total. The Kier molecular flexibility index (Phi) is 5.26. The molecule has 1 aromatic rings. The van der Waals surface area contributed by atoms with Crippen molar-refractivity contribution in [2.24, 2.45) is 0 Å². The number of nitrogens with zero attached hydrogens (tertiary/aromatic N) is 1. The van der Waals surface area contributed by atoms with E-state index in [1.807, 2.05) is 0 Å². The zero-order valence-corrected chi connectivity index (χ0v) is 13.0. The predicted molar refractivity (Wildman–Crippen MR) is 77.7 cm³/mol. The predicted octanol–water partition coefficient (Wildman–Crippen LogP) is 1.83. The van der Waals surface area contributed by atoms with Crippen LogP contribution in [0.15, 0.2) is 10.9 Å². The average Bonchev–Trinajstić information content (AvgIpc) is 2.43. The second-order valence-electron chi connectivity index (χ2n) is 5.67. The number of aryl methyl sites for hydroxylation is 2. The Labute approximate surface area is 131 Å². The van der Waals surface area contributed by atoms with Gasteiger partial charge in [-0.2, -0.15) is 13.2 Å². The Balaban J connectivity index is 2.26. The minimum Gasteiger partial charge on any atom is -0.379 e. The monoisotopic (exact) mass is 332 g/mol. The molecular formula is C15H19F3N2O3. The Morgan fingerprint density at radius 3 is 2.48 bits per heavy atom. The van der Waals surface area contributed by atoms with Gasteiger partial charge in [0.1, 0.15) is 6.04 Å². The van der Waals surface area contributed by atoms with Crippen molar-refractivity contribution in [2.75, 3.05) is 26.3 Å². The number of ether oxygens (including phenoxy) is 1. The largest absolute Gasteiger partial charge is 0.404 e. The first-order valence-electron chi connectivity index (χ1n) is 7.32. The highest BCUT2D eigenvalue weighted by Crippen LogP contribution is 2.29. The smallest absolute Gasteiger partial charge is 0.379 e. The lowest BCUT2D eigenvalue weighted by Gasteiger charge is -2.35. The van der Waals surface area contributed by atoms with E-state index in [4.69, 9.17) is 4.74 Å². The summed E-state index contributed by atoms with van der Waals surface area (Å²) in [6.45, 7) is 3.82. The molecule has 0 bridgehead atoms. The molecule has 23 heavy (non-hydrogen) atoms. The van der Waals surface area contributed by atoms with Crippen LogP contribution in [0.1, 0.15) is 28.0 Å². The van der Waals surface area contributed by atoms with Crippen molar-refractivity contribution in [3.8, 4) is 0 Å².